The van der Waals surface area contributed by atoms with Crippen molar-refractivity contribution in [1.82, 2.24) is 19.8 Å². The summed E-state index contributed by atoms with van der Waals surface area (Å²) < 4.78 is 0. The van der Waals surface area contributed by atoms with Gasteiger partial charge in [-0.15, -0.1) is 0 Å². The molecule has 4 heteroatoms. The summed E-state index contributed by atoms with van der Waals surface area (Å²) in [7, 11) is 2.30. The summed E-state index contributed by atoms with van der Waals surface area (Å²) in [4.78, 5) is 13.3. The zero-order chi connectivity index (χ0) is 13.5. The zero-order valence-electron chi connectivity index (χ0n) is 12.0. The van der Waals surface area contributed by atoms with Crippen LogP contribution in [0.15, 0.2) is 24.3 Å². The fourth-order valence-electron chi connectivity index (χ4n) is 3.82. The molecular weight excluding hydrogens is 248 g/mol. The predicted molar refractivity (Wildman–Crippen MR) is 80.6 cm³/mol. The standard InChI is InChI=1S/C16H22N4/c1-19-12-6-7-13(19)10-20(9-8-12)11-16-17-14-4-2-3-5-15(14)18-16/h2-5,12-13H,6-11H2,1H3,(H,17,18)/t12-,13+/m0/s1. The monoisotopic (exact) mass is 270 g/mol. The third-order valence-electron chi connectivity index (χ3n) is 5.04. The predicted octanol–water partition coefficient (Wildman–Crippen LogP) is 2.23. The number of H-pyrrole nitrogens is 1. The molecule has 1 N–H and O–H groups in total. The molecule has 2 atom stereocenters. The highest BCUT2D eigenvalue weighted by molar-refractivity contribution is 5.74. The molecule has 2 aliphatic rings. The average Bonchev–Trinajstić information content (AvgIpc) is 2.94. The van der Waals surface area contributed by atoms with Crippen LogP contribution in [0.25, 0.3) is 11.0 Å². The normalized spacial score (nSPS) is 28.1. The van der Waals surface area contributed by atoms with E-state index in [-0.39, 0.29) is 0 Å². The van der Waals surface area contributed by atoms with Gasteiger partial charge in [-0.1, -0.05) is 12.1 Å². The number of aromatic nitrogens is 2. The summed E-state index contributed by atoms with van der Waals surface area (Å²) in [5.74, 6) is 1.10. The first-order valence-corrected chi connectivity index (χ1v) is 7.67. The summed E-state index contributed by atoms with van der Waals surface area (Å²) >= 11 is 0. The summed E-state index contributed by atoms with van der Waals surface area (Å²) in [6.45, 7) is 3.33. The molecule has 2 aliphatic heterocycles. The van der Waals surface area contributed by atoms with Crippen molar-refractivity contribution in [3.63, 3.8) is 0 Å². The van der Waals surface area contributed by atoms with Crippen molar-refractivity contribution in [1.29, 1.82) is 0 Å². The van der Waals surface area contributed by atoms with E-state index in [2.05, 4.69) is 40.0 Å². The number of benzene rings is 1. The van der Waals surface area contributed by atoms with Crippen molar-refractivity contribution in [2.24, 2.45) is 0 Å². The van der Waals surface area contributed by atoms with E-state index in [9.17, 15) is 0 Å². The third kappa shape index (κ3) is 2.13. The van der Waals surface area contributed by atoms with E-state index >= 15 is 0 Å². The molecule has 2 bridgehead atoms. The van der Waals surface area contributed by atoms with Crippen LogP contribution in [0.2, 0.25) is 0 Å². The van der Waals surface area contributed by atoms with Crippen LogP contribution < -0.4 is 0 Å². The second-order valence-corrected chi connectivity index (χ2v) is 6.27. The number of nitrogens with zero attached hydrogens (tertiary/aromatic N) is 3. The molecule has 0 spiro atoms. The molecule has 106 valence electrons. The van der Waals surface area contributed by atoms with Crippen LogP contribution in [0.4, 0.5) is 0 Å². The fourth-order valence-corrected chi connectivity index (χ4v) is 3.82. The Hall–Kier alpha value is -1.39. The Morgan fingerprint density at radius 1 is 1.20 bits per heavy atom. The number of para-hydroxylation sites is 2. The van der Waals surface area contributed by atoms with E-state index in [0.29, 0.717) is 0 Å². The number of fused-ring (bicyclic) bond motifs is 3. The first kappa shape index (κ1) is 12.4. The maximum atomic E-state index is 4.71. The Bertz CT molecular complexity index is 572. The van der Waals surface area contributed by atoms with Gasteiger partial charge < -0.3 is 4.98 Å². The Labute approximate surface area is 119 Å². The molecule has 20 heavy (non-hydrogen) atoms. The van der Waals surface area contributed by atoms with Crippen molar-refractivity contribution >= 4 is 11.0 Å². The van der Waals surface area contributed by atoms with Crippen molar-refractivity contribution in [3.8, 4) is 0 Å². The van der Waals surface area contributed by atoms with Crippen molar-refractivity contribution in [2.75, 3.05) is 20.1 Å². The minimum absolute atomic E-state index is 0.742. The van der Waals surface area contributed by atoms with Gasteiger partial charge in [0.25, 0.3) is 0 Å². The van der Waals surface area contributed by atoms with Gasteiger partial charge in [0.15, 0.2) is 0 Å². The number of likely N-dealkylation sites (tertiary alicyclic amines) is 1. The molecule has 0 unspecified atom stereocenters. The second-order valence-electron chi connectivity index (χ2n) is 6.27. The Kier molecular flexibility index (Phi) is 3.00. The van der Waals surface area contributed by atoms with Gasteiger partial charge in [0.05, 0.1) is 17.6 Å². The lowest BCUT2D eigenvalue weighted by Crippen LogP contribution is -2.36. The number of rotatable bonds is 2. The molecule has 2 saturated heterocycles. The molecule has 1 aromatic heterocycles. The Morgan fingerprint density at radius 2 is 2.05 bits per heavy atom. The van der Waals surface area contributed by atoms with Crippen LogP contribution in [0.1, 0.15) is 25.1 Å². The van der Waals surface area contributed by atoms with Gasteiger partial charge in [-0.25, -0.2) is 4.98 Å². The highest BCUT2D eigenvalue weighted by atomic mass is 15.3. The van der Waals surface area contributed by atoms with Gasteiger partial charge in [-0.2, -0.15) is 0 Å². The quantitative estimate of drug-likeness (QED) is 0.909. The molecule has 0 aliphatic carbocycles. The van der Waals surface area contributed by atoms with Gasteiger partial charge in [-0.3, -0.25) is 9.80 Å². The lowest BCUT2D eigenvalue weighted by Gasteiger charge is -2.24. The minimum atomic E-state index is 0.742. The van der Waals surface area contributed by atoms with E-state index < -0.39 is 0 Å². The van der Waals surface area contributed by atoms with Crippen molar-refractivity contribution in [3.05, 3.63) is 30.1 Å². The van der Waals surface area contributed by atoms with E-state index in [1.165, 1.54) is 32.4 Å². The van der Waals surface area contributed by atoms with Crippen LogP contribution >= 0.6 is 0 Å². The lowest BCUT2D eigenvalue weighted by atomic mass is 10.1. The molecule has 1 aromatic carbocycles. The summed E-state index contributed by atoms with van der Waals surface area (Å²) in [5, 5.41) is 0. The lowest BCUT2D eigenvalue weighted by molar-refractivity contribution is 0.212. The zero-order valence-corrected chi connectivity index (χ0v) is 12.0. The highest BCUT2D eigenvalue weighted by Crippen LogP contribution is 2.28. The van der Waals surface area contributed by atoms with Crippen LogP contribution in [0, 0.1) is 0 Å². The van der Waals surface area contributed by atoms with Crippen LogP contribution in [0.3, 0.4) is 0 Å². The fraction of sp³-hybridized carbons (Fsp3) is 0.562. The summed E-state index contributed by atoms with van der Waals surface area (Å²) in [6.07, 6.45) is 4.05. The number of likely N-dealkylation sites (N-methyl/N-ethyl adjacent to an activating group) is 1. The van der Waals surface area contributed by atoms with Crippen LogP contribution in [0.5, 0.6) is 0 Å². The molecule has 0 amide bonds. The van der Waals surface area contributed by atoms with Gasteiger partial charge in [0.1, 0.15) is 5.82 Å². The topological polar surface area (TPSA) is 35.2 Å². The summed E-state index contributed by atoms with van der Waals surface area (Å²) in [5.41, 5.74) is 2.23. The Morgan fingerprint density at radius 3 is 2.95 bits per heavy atom. The number of aromatic amines is 1. The molecule has 0 radical (unpaired) electrons. The van der Waals surface area contributed by atoms with Crippen LogP contribution in [-0.2, 0) is 6.54 Å². The van der Waals surface area contributed by atoms with E-state index in [0.717, 1.165) is 35.5 Å². The van der Waals surface area contributed by atoms with Gasteiger partial charge in [0, 0.05) is 25.2 Å². The highest BCUT2D eigenvalue weighted by Gasteiger charge is 2.34. The molecule has 2 aromatic rings. The van der Waals surface area contributed by atoms with Gasteiger partial charge >= 0.3 is 0 Å². The van der Waals surface area contributed by atoms with Crippen molar-refractivity contribution < 1.29 is 0 Å². The molecular formula is C16H22N4. The second kappa shape index (κ2) is 4.86. The van der Waals surface area contributed by atoms with E-state index in [1.807, 2.05) is 6.07 Å². The molecule has 2 fully saturated rings. The maximum absolute atomic E-state index is 4.71. The molecule has 0 saturated carbocycles. The van der Waals surface area contributed by atoms with E-state index in [1.54, 1.807) is 0 Å². The molecule has 4 rings (SSSR count). The Balaban J connectivity index is 1.51. The summed E-state index contributed by atoms with van der Waals surface area (Å²) in [6, 6.07) is 9.83. The largest absolute Gasteiger partial charge is 0.341 e. The first-order chi connectivity index (χ1) is 9.79. The number of nitrogens with one attached hydrogen (secondary N) is 1. The minimum Gasteiger partial charge on any atom is -0.341 e. The molecule has 3 heterocycles. The SMILES string of the molecule is CN1[C@H]2CC[C@@H]1CN(Cc1nc3ccccc3[nH]1)CC2. The van der Waals surface area contributed by atoms with E-state index in [4.69, 9.17) is 4.98 Å². The maximum Gasteiger partial charge on any atom is 0.121 e. The third-order valence-corrected chi connectivity index (χ3v) is 5.04. The van der Waals surface area contributed by atoms with Gasteiger partial charge in [0.2, 0.25) is 0 Å². The van der Waals surface area contributed by atoms with Crippen LogP contribution in [-0.4, -0.2) is 52.0 Å². The number of imidazole rings is 1. The first-order valence-electron chi connectivity index (χ1n) is 7.67. The number of hydrogen-bond acceptors (Lipinski definition) is 3. The average molecular weight is 270 g/mol. The smallest absolute Gasteiger partial charge is 0.121 e. The molecule has 4 nitrogen and oxygen atoms in total. The van der Waals surface area contributed by atoms with Gasteiger partial charge in [-0.05, 0) is 38.4 Å². The van der Waals surface area contributed by atoms with Crippen molar-refractivity contribution in [2.45, 2.75) is 37.9 Å². The number of hydrogen-bond donors (Lipinski definition) is 1.